The number of carbonyl (C=O) groups excluding carboxylic acids is 3. The zero-order valence-electron chi connectivity index (χ0n) is 12.1. The van der Waals surface area contributed by atoms with Crippen LogP contribution < -0.4 is 5.32 Å². The van der Waals surface area contributed by atoms with Gasteiger partial charge in [0.1, 0.15) is 0 Å². The molecule has 1 amide bonds. The predicted octanol–water partition coefficient (Wildman–Crippen LogP) is 2.24. The fourth-order valence-electron chi connectivity index (χ4n) is 2.16. The highest BCUT2D eigenvalue weighted by molar-refractivity contribution is 8.01. The van der Waals surface area contributed by atoms with Crippen molar-refractivity contribution in [3.63, 3.8) is 0 Å². The summed E-state index contributed by atoms with van der Waals surface area (Å²) in [6.07, 6.45) is 1.54. The van der Waals surface area contributed by atoms with Gasteiger partial charge >= 0.3 is 5.97 Å². The smallest absolute Gasteiger partial charge is 0.307 e. The number of esters is 1. The van der Waals surface area contributed by atoms with E-state index in [1.165, 1.54) is 11.8 Å². The molecule has 6 nitrogen and oxygen atoms in total. The lowest BCUT2D eigenvalue weighted by Crippen LogP contribution is -2.31. The van der Waals surface area contributed by atoms with E-state index < -0.39 is 11.2 Å². The first-order valence-corrected chi connectivity index (χ1v) is 7.90. The number of H-pyrrole nitrogens is 1. The molecule has 0 unspecified atom stereocenters. The van der Waals surface area contributed by atoms with Gasteiger partial charge in [-0.15, -0.1) is 11.8 Å². The molecule has 3 rings (SSSR count). The summed E-state index contributed by atoms with van der Waals surface area (Å²) in [7, 11) is 0. The van der Waals surface area contributed by atoms with Gasteiger partial charge in [0.25, 0.3) is 0 Å². The lowest BCUT2D eigenvalue weighted by molar-refractivity contribution is -0.143. The molecule has 2 aromatic rings. The number of aromatic nitrogens is 1. The Labute approximate surface area is 136 Å². The van der Waals surface area contributed by atoms with Gasteiger partial charge in [-0.1, -0.05) is 12.1 Å². The van der Waals surface area contributed by atoms with Gasteiger partial charge in [0.15, 0.2) is 6.61 Å². The largest absolute Gasteiger partial charge is 0.457 e. The van der Waals surface area contributed by atoms with Crippen LogP contribution in [0.15, 0.2) is 47.5 Å². The number of nitrogens with one attached hydrogen (secondary N) is 2. The number of hydrogen-bond donors (Lipinski definition) is 2. The number of rotatable bonds is 5. The molecule has 0 radical (unpaired) electrons. The number of carbonyl (C=O) groups is 3. The first-order chi connectivity index (χ1) is 11.1. The Kier molecular flexibility index (Phi) is 4.47. The maximum absolute atomic E-state index is 12.0. The number of Topliss-reactive ketones (excluding diaryl/α,β-unsaturated/α-hetero) is 1. The Bertz CT molecular complexity index is 742. The van der Waals surface area contributed by atoms with Gasteiger partial charge in [-0.05, 0) is 24.3 Å². The Morgan fingerprint density at radius 2 is 2.00 bits per heavy atom. The quantitative estimate of drug-likeness (QED) is 0.648. The minimum atomic E-state index is -0.572. The van der Waals surface area contributed by atoms with Gasteiger partial charge in [-0.3, -0.25) is 14.4 Å². The first-order valence-electron chi connectivity index (χ1n) is 7.02. The SMILES string of the molecule is O=C(C[C@@H]1Sc2ccccc2NC1=O)OCC(=O)c1ccc[nH]1. The second-order valence-corrected chi connectivity index (χ2v) is 6.21. The summed E-state index contributed by atoms with van der Waals surface area (Å²) in [5.41, 5.74) is 1.13. The van der Waals surface area contributed by atoms with E-state index >= 15 is 0 Å². The van der Waals surface area contributed by atoms with Crippen LogP contribution in [0.2, 0.25) is 0 Å². The molecule has 1 aliphatic heterocycles. The van der Waals surface area contributed by atoms with Crippen LogP contribution in [0.5, 0.6) is 0 Å². The topological polar surface area (TPSA) is 88.3 Å². The number of thioether (sulfide) groups is 1. The number of amides is 1. The molecule has 1 aliphatic rings. The van der Waals surface area contributed by atoms with Crippen LogP contribution in [0.1, 0.15) is 16.9 Å². The van der Waals surface area contributed by atoms with Crippen LogP contribution >= 0.6 is 11.8 Å². The molecule has 2 heterocycles. The number of ketones is 1. The van der Waals surface area contributed by atoms with Crippen molar-refractivity contribution >= 4 is 35.1 Å². The van der Waals surface area contributed by atoms with E-state index in [4.69, 9.17) is 4.74 Å². The Hall–Kier alpha value is -2.54. The van der Waals surface area contributed by atoms with Gasteiger partial charge in [0, 0.05) is 11.1 Å². The van der Waals surface area contributed by atoms with E-state index in [1.807, 2.05) is 24.3 Å². The molecule has 23 heavy (non-hydrogen) atoms. The second kappa shape index (κ2) is 6.70. The third kappa shape index (κ3) is 3.62. The van der Waals surface area contributed by atoms with Crippen molar-refractivity contribution in [1.29, 1.82) is 0 Å². The van der Waals surface area contributed by atoms with Crippen molar-refractivity contribution in [3.05, 3.63) is 48.3 Å². The third-order valence-corrected chi connectivity index (χ3v) is 4.60. The Balaban J connectivity index is 1.54. The third-order valence-electron chi connectivity index (χ3n) is 3.32. The molecule has 1 aromatic heterocycles. The predicted molar refractivity (Wildman–Crippen MR) is 85.4 cm³/mol. The van der Waals surface area contributed by atoms with Crippen molar-refractivity contribution in [3.8, 4) is 0 Å². The number of anilines is 1. The normalized spacial score (nSPS) is 16.3. The van der Waals surface area contributed by atoms with Crippen LogP contribution in [0.3, 0.4) is 0 Å². The van der Waals surface area contributed by atoms with E-state index in [0.29, 0.717) is 5.69 Å². The maximum atomic E-state index is 12.0. The zero-order valence-corrected chi connectivity index (χ0v) is 12.9. The number of fused-ring (bicyclic) bond motifs is 1. The summed E-state index contributed by atoms with van der Waals surface area (Å²) >= 11 is 1.32. The molecule has 0 aliphatic carbocycles. The molecule has 0 spiro atoms. The molecule has 0 bridgehead atoms. The molecule has 118 valence electrons. The minimum Gasteiger partial charge on any atom is -0.457 e. The first kappa shape index (κ1) is 15.4. The number of hydrogen-bond acceptors (Lipinski definition) is 5. The number of ether oxygens (including phenoxy) is 1. The second-order valence-electron chi connectivity index (χ2n) is 4.96. The lowest BCUT2D eigenvalue weighted by Gasteiger charge is -2.23. The summed E-state index contributed by atoms with van der Waals surface area (Å²) < 4.78 is 4.96. The molecule has 0 saturated heterocycles. The summed E-state index contributed by atoms with van der Waals surface area (Å²) in [6, 6.07) is 10.7. The highest BCUT2D eigenvalue weighted by Gasteiger charge is 2.29. The van der Waals surface area contributed by atoms with Gasteiger partial charge < -0.3 is 15.0 Å². The van der Waals surface area contributed by atoms with Gasteiger partial charge in [0.05, 0.1) is 23.1 Å². The van der Waals surface area contributed by atoms with Gasteiger partial charge in [-0.25, -0.2) is 0 Å². The van der Waals surface area contributed by atoms with Gasteiger partial charge in [0.2, 0.25) is 11.7 Å². The zero-order chi connectivity index (χ0) is 16.2. The van der Waals surface area contributed by atoms with Gasteiger partial charge in [-0.2, -0.15) is 0 Å². The summed E-state index contributed by atoms with van der Waals surface area (Å²) in [6.45, 7) is -0.338. The molecule has 1 aromatic carbocycles. The van der Waals surface area contributed by atoms with Crippen LogP contribution in [-0.4, -0.2) is 34.5 Å². The molecule has 0 saturated carbocycles. The van der Waals surface area contributed by atoms with Crippen molar-refractivity contribution in [2.45, 2.75) is 16.6 Å². The summed E-state index contributed by atoms with van der Waals surface area (Å²) in [5.74, 6) is -1.12. The van der Waals surface area contributed by atoms with Crippen LogP contribution in [-0.2, 0) is 14.3 Å². The molecular weight excluding hydrogens is 316 g/mol. The van der Waals surface area contributed by atoms with Crippen molar-refractivity contribution in [1.82, 2.24) is 4.98 Å². The van der Waals surface area contributed by atoms with E-state index in [-0.39, 0.29) is 24.7 Å². The van der Waals surface area contributed by atoms with E-state index in [9.17, 15) is 14.4 Å². The monoisotopic (exact) mass is 330 g/mol. The Morgan fingerprint density at radius 1 is 1.17 bits per heavy atom. The van der Waals surface area contributed by atoms with Crippen molar-refractivity contribution in [2.75, 3.05) is 11.9 Å². The highest BCUT2D eigenvalue weighted by Crippen LogP contribution is 2.36. The Morgan fingerprint density at radius 3 is 2.78 bits per heavy atom. The average molecular weight is 330 g/mol. The molecular formula is C16H14N2O4S. The molecule has 0 fully saturated rings. The fourth-order valence-corrected chi connectivity index (χ4v) is 3.26. The fraction of sp³-hybridized carbons (Fsp3) is 0.188. The summed E-state index contributed by atoms with van der Waals surface area (Å²) in [5, 5.41) is 2.21. The molecule has 7 heteroatoms. The van der Waals surface area contributed by atoms with Crippen LogP contribution in [0.25, 0.3) is 0 Å². The standard InChI is InChI=1S/C16H14N2O4S/c19-12(10-5-3-7-17-10)9-22-15(20)8-14-16(21)18-11-4-1-2-6-13(11)23-14/h1-7,14,17H,8-9H2,(H,18,21)/t14-/m0/s1. The number of benzene rings is 1. The molecule has 2 N–H and O–H groups in total. The van der Waals surface area contributed by atoms with Crippen molar-refractivity contribution in [2.24, 2.45) is 0 Å². The van der Waals surface area contributed by atoms with Crippen LogP contribution in [0.4, 0.5) is 5.69 Å². The van der Waals surface area contributed by atoms with E-state index in [1.54, 1.807) is 18.3 Å². The van der Waals surface area contributed by atoms with Crippen molar-refractivity contribution < 1.29 is 19.1 Å². The van der Waals surface area contributed by atoms with Crippen LogP contribution in [0, 0.1) is 0 Å². The minimum absolute atomic E-state index is 0.0805. The lowest BCUT2D eigenvalue weighted by atomic mass is 10.2. The average Bonchev–Trinajstić information content (AvgIpc) is 3.08. The maximum Gasteiger partial charge on any atom is 0.307 e. The highest BCUT2D eigenvalue weighted by atomic mass is 32.2. The number of para-hydroxylation sites is 1. The number of aromatic amines is 1. The molecule has 1 atom stereocenters. The van der Waals surface area contributed by atoms with E-state index in [0.717, 1.165) is 10.6 Å². The van der Waals surface area contributed by atoms with E-state index in [2.05, 4.69) is 10.3 Å². The summed E-state index contributed by atoms with van der Waals surface area (Å²) in [4.78, 5) is 39.3.